The summed E-state index contributed by atoms with van der Waals surface area (Å²) in [7, 11) is 0. The summed E-state index contributed by atoms with van der Waals surface area (Å²) in [6, 6.07) is 0. The van der Waals surface area contributed by atoms with Crippen molar-refractivity contribution in [2.24, 2.45) is 0 Å². The Morgan fingerprint density at radius 1 is 0.294 bits per heavy atom. The Kier molecular flexibility index (Phi) is 1610. The molecule has 0 bridgehead atoms. The van der Waals surface area contributed by atoms with E-state index in [1.807, 2.05) is 0 Å². The average molecular weight is 1590 g/mol. The van der Waals surface area contributed by atoms with E-state index in [1.165, 1.54) is 0 Å². The molecule has 0 rings (SSSR count). The standard InChI is InChI=1S/3H2Se.2HSe.6Se.6Sn.H/h3*1H2;2*1H;;;;;;;;;;;;;/p-3. The Labute approximate surface area is 322 Å². The van der Waals surface area contributed by atoms with E-state index in [1.54, 1.807) is 0 Å². The molecule has 0 aromatic heterocycles. The first-order valence-electron chi connectivity index (χ1n) is 0. The van der Waals surface area contributed by atoms with Gasteiger partial charge in [-0.1, -0.05) is 0 Å². The van der Waals surface area contributed by atoms with E-state index < -0.39 is 0 Å². The maximum absolute atomic E-state index is 0. The number of rotatable bonds is 0. The van der Waals surface area contributed by atoms with Gasteiger partial charge in [0.2, 0.25) is 0 Å². The summed E-state index contributed by atoms with van der Waals surface area (Å²) in [5.41, 5.74) is 0. The molecule has 0 aromatic rings. The summed E-state index contributed by atoms with van der Waals surface area (Å²) in [4.78, 5) is 0. The van der Waals surface area contributed by atoms with Gasteiger partial charge in [-0.15, -0.1) is 0 Å². The minimum absolute atomic E-state index is 0. The molecule has 0 aliphatic heterocycles. The first-order valence-corrected chi connectivity index (χ1v) is 0. The molecule has 0 aromatic carbocycles. The Morgan fingerprint density at radius 2 is 0.294 bits per heavy atom. The van der Waals surface area contributed by atoms with E-state index in [4.69, 9.17) is 0 Å². The van der Waals surface area contributed by atoms with Crippen LogP contribution >= 0.6 is 0 Å². The molecule has 0 N–H and O–H groups in total. The predicted octanol–water partition coefficient (Wildman–Crippen LogP) is -8.08. The fourth-order valence-electron chi connectivity index (χ4n) is 0. The van der Waals surface area contributed by atoms with Gasteiger partial charge in [-0.05, 0) is 0 Å². The third-order valence-electron chi connectivity index (χ3n) is 0. The first kappa shape index (κ1) is 175. The van der Waals surface area contributed by atoms with E-state index in [9.17, 15) is 0 Å². The minimum Gasteiger partial charge on any atom is 0 e. The molecule has 0 fully saturated rings. The molecule has 99 valence electrons. The topological polar surface area (TPSA) is 0 Å². The smallest absolute Gasteiger partial charge is 0 e. The fourth-order valence-corrected chi connectivity index (χ4v) is 0. The second-order valence-electron chi connectivity index (χ2n) is 0. The Hall–Kier alpha value is 10.5. The van der Waals surface area contributed by atoms with E-state index in [0.29, 0.717) is 0 Å². The second kappa shape index (κ2) is 156. The van der Waals surface area contributed by atoms with Gasteiger partial charge in [0.1, 0.15) is 0 Å². The van der Waals surface area contributed by atoms with Crippen LogP contribution in [0.1, 0.15) is 0 Å². The van der Waals surface area contributed by atoms with Crippen LogP contribution < -0.4 is 0 Å². The van der Waals surface area contributed by atoms with Gasteiger partial charge in [-0.25, -0.2) is 0 Å². The number of hydrogen-bond donors (Lipinski definition) is 0. The molecule has 17 heteroatoms. The Morgan fingerprint density at radius 3 is 0.294 bits per heavy atom. The molecule has 0 saturated heterocycles. The molecule has 0 saturated carbocycles. The minimum atomic E-state index is 0. The molecular weight excluding hydrogens is 1580 g/mol. The van der Waals surface area contributed by atoms with Crippen LogP contribution in [0.5, 0.6) is 0 Å². The van der Waals surface area contributed by atoms with Gasteiger partial charge in [0.25, 0.3) is 0 Å². The van der Waals surface area contributed by atoms with E-state index in [-0.39, 0.29) is 331 Å². The van der Waals surface area contributed by atoms with Crippen LogP contribution in [0.15, 0.2) is 0 Å². The maximum Gasteiger partial charge on any atom is 0 e. The molecule has 0 unspecified atom stereocenters. The van der Waals surface area contributed by atoms with Gasteiger partial charge in [0.15, 0.2) is 0 Å². The first-order chi connectivity index (χ1) is 0. The van der Waals surface area contributed by atoms with Crippen molar-refractivity contribution in [2.45, 2.75) is 0 Å². The van der Waals surface area contributed by atoms with Gasteiger partial charge in [-0.2, -0.15) is 0 Å². The van der Waals surface area contributed by atoms with Gasteiger partial charge >= 0.3 is 109 Å². The monoisotopic (exact) mass is 1600 g/mol. The van der Waals surface area contributed by atoms with Crippen molar-refractivity contribution >= 4 is 331 Å². The molecule has 0 nitrogen and oxygen atoms in total. The normalized spacial score (nSPS) is 0. The third kappa shape index (κ3) is 144. The van der Waals surface area contributed by atoms with Crippen LogP contribution in [0.2, 0.25) is 0 Å². The van der Waals surface area contributed by atoms with Crippen molar-refractivity contribution in [3.63, 3.8) is 0 Å². The molecule has 0 aliphatic carbocycles. The summed E-state index contributed by atoms with van der Waals surface area (Å²) in [5.74, 6) is 0. The molecule has 0 amide bonds. The van der Waals surface area contributed by atoms with E-state index >= 15 is 0 Å². The summed E-state index contributed by atoms with van der Waals surface area (Å²) in [6.45, 7) is 0. The zero-order chi connectivity index (χ0) is 0. The summed E-state index contributed by atoms with van der Waals surface area (Å²) in [5, 5.41) is 0. The predicted molar refractivity (Wildman–Crippen MR) is 106 cm³/mol. The fraction of sp³-hybridized carbons (Fsp3) is 0. The van der Waals surface area contributed by atoms with Crippen LogP contribution in [-0.4, -0.2) is 331 Å². The third-order valence-corrected chi connectivity index (χ3v) is 0. The summed E-state index contributed by atoms with van der Waals surface area (Å²) in [6.07, 6.45) is 0. The van der Waals surface area contributed by atoms with Crippen molar-refractivity contribution in [3.05, 3.63) is 0 Å². The van der Waals surface area contributed by atoms with Crippen molar-refractivity contribution in [3.8, 4) is 0 Å². The van der Waals surface area contributed by atoms with E-state index in [0.717, 1.165) is 0 Å². The Balaban J connectivity index is 0. The Bertz CT molecular complexity index is 15.9. The van der Waals surface area contributed by atoms with Crippen LogP contribution in [0.3, 0.4) is 0 Å². The van der Waals surface area contributed by atoms with Gasteiger partial charge in [0, 0.05) is 222 Å². The van der Waals surface area contributed by atoms with Crippen LogP contribution in [-0.2, 0) is 0 Å². The summed E-state index contributed by atoms with van der Waals surface area (Å²) >= 11 is 0. The molecule has 0 spiro atoms. The molecule has 0 heterocycles. The van der Waals surface area contributed by atoms with Crippen LogP contribution in [0, 0.1) is 0 Å². The maximum atomic E-state index is 0. The van der Waals surface area contributed by atoms with Crippen LogP contribution in [0.4, 0.5) is 0 Å². The molecule has 17 heavy (non-hydrogen) atoms. The van der Waals surface area contributed by atoms with Crippen LogP contribution in [0.25, 0.3) is 0 Å². The second-order valence-corrected chi connectivity index (χ2v) is 0. The summed E-state index contributed by atoms with van der Waals surface area (Å²) < 4.78 is 0. The van der Waals surface area contributed by atoms with Gasteiger partial charge in [-0.3, -0.25) is 0 Å². The molecule has 37 radical (unpaired) electrons. The van der Waals surface area contributed by atoms with E-state index in [2.05, 4.69) is 0 Å². The molecule has 0 atom stereocenters. The van der Waals surface area contributed by atoms with Crippen molar-refractivity contribution in [1.29, 1.82) is 0 Å². The number of hydrogen-bond acceptors (Lipinski definition) is 0. The van der Waals surface area contributed by atoms with Crippen molar-refractivity contribution in [1.82, 2.24) is 0 Å². The zero-order valence-electron chi connectivity index (χ0n) is 7.76. The zero-order valence-corrected chi connectivity index (χ0v) is 45.0. The van der Waals surface area contributed by atoms with Gasteiger partial charge < -0.3 is 0 Å². The molecular formula is H6Se11Sn6-3. The van der Waals surface area contributed by atoms with Crippen molar-refractivity contribution < 1.29 is 0 Å². The van der Waals surface area contributed by atoms with Crippen molar-refractivity contribution in [2.75, 3.05) is 0 Å². The molecule has 0 aliphatic rings. The largest absolute Gasteiger partial charge is 0 e. The van der Waals surface area contributed by atoms with Gasteiger partial charge in [0.05, 0.1) is 0 Å². The SMILES string of the molecule is [SeH-].[SeH-].[SeH-].[SeH].[SeH].[Se].[Se].[Se].[Se].[Se].[Se].[SnH].[Sn].[Sn].[Sn].[Sn].[Sn]. The average Bonchev–Trinajstić information content (AvgIpc) is 0. The quantitative estimate of drug-likeness (QED) is 0.212.